The van der Waals surface area contributed by atoms with Gasteiger partial charge in [0.05, 0.1) is 22.8 Å². The quantitative estimate of drug-likeness (QED) is 0.559. The molecule has 8 nitrogen and oxygen atoms in total. The Labute approximate surface area is 120 Å². The fourth-order valence-electron chi connectivity index (χ4n) is 2.35. The molecule has 0 amide bonds. The first-order valence-corrected chi connectivity index (χ1v) is 6.70. The lowest BCUT2D eigenvalue weighted by molar-refractivity contribution is -0.0509. The number of nitrogens with zero attached hydrogens (tertiary/aromatic N) is 2. The van der Waals surface area contributed by atoms with Crippen LogP contribution in [-0.4, -0.2) is 54.8 Å². The van der Waals surface area contributed by atoms with Crippen LogP contribution in [0.3, 0.4) is 0 Å². The summed E-state index contributed by atoms with van der Waals surface area (Å²) in [4.78, 5) is 18.3. The van der Waals surface area contributed by atoms with E-state index in [1.54, 1.807) is 6.20 Å². The average Bonchev–Trinajstić information content (AvgIpc) is 2.90. The third kappa shape index (κ3) is 1.90. The van der Waals surface area contributed by atoms with E-state index in [4.69, 9.17) is 9.84 Å². The summed E-state index contributed by atoms with van der Waals surface area (Å²) in [5, 5.41) is 29.2. The molecule has 20 heavy (non-hydrogen) atoms. The van der Waals surface area contributed by atoms with Crippen molar-refractivity contribution < 1.29 is 20.1 Å². The highest BCUT2D eigenvalue weighted by Crippen LogP contribution is 2.33. The van der Waals surface area contributed by atoms with Gasteiger partial charge in [0.2, 0.25) is 0 Å². The van der Waals surface area contributed by atoms with Crippen LogP contribution in [-0.2, 0) is 4.74 Å². The van der Waals surface area contributed by atoms with Crippen molar-refractivity contribution in [2.75, 3.05) is 6.61 Å². The Kier molecular flexibility index (Phi) is 3.38. The molecule has 1 fully saturated rings. The summed E-state index contributed by atoms with van der Waals surface area (Å²) in [6.45, 7) is -0.414. The van der Waals surface area contributed by atoms with Gasteiger partial charge < -0.3 is 29.6 Å². The van der Waals surface area contributed by atoms with Crippen LogP contribution in [0.5, 0.6) is 0 Å². The zero-order valence-electron chi connectivity index (χ0n) is 10.1. The Morgan fingerprint density at radius 2 is 2.20 bits per heavy atom. The van der Waals surface area contributed by atoms with Crippen molar-refractivity contribution in [2.45, 2.75) is 24.5 Å². The Morgan fingerprint density at radius 1 is 1.45 bits per heavy atom. The van der Waals surface area contributed by atoms with Gasteiger partial charge in [0.1, 0.15) is 18.3 Å². The number of H-pyrrole nitrogens is 1. The van der Waals surface area contributed by atoms with E-state index in [1.807, 2.05) is 0 Å². The van der Waals surface area contributed by atoms with E-state index in [2.05, 4.69) is 25.9 Å². The summed E-state index contributed by atoms with van der Waals surface area (Å²) in [6.07, 6.45) is -1.44. The lowest BCUT2D eigenvalue weighted by Gasteiger charge is -2.17. The molecule has 1 aliphatic heterocycles. The number of aromatic nitrogens is 3. The molecular formula is C11H12BrN3O5. The summed E-state index contributed by atoms with van der Waals surface area (Å²) in [5.74, 6) is 0. The van der Waals surface area contributed by atoms with Gasteiger partial charge in [-0.1, -0.05) is 0 Å². The molecule has 0 spiro atoms. The molecule has 4 atom stereocenters. The Bertz CT molecular complexity index is 699. The minimum Gasteiger partial charge on any atom is -0.394 e. The first-order valence-electron chi connectivity index (χ1n) is 5.90. The lowest BCUT2D eigenvalue weighted by atomic mass is 10.1. The van der Waals surface area contributed by atoms with E-state index >= 15 is 0 Å². The van der Waals surface area contributed by atoms with Crippen LogP contribution in [0.4, 0.5) is 0 Å². The molecule has 2 aromatic rings. The van der Waals surface area contributed by atoms with Crippen LogP contribution < -0.4 is 5.56 Å². The number of ether oxygens (including phenoxy) is 1. The summed E-state index contributed by atoms with van der Waals surface area (Å²) in [7, 11) is 0. The van der Waals surface area contributed by atoms with Gasteiger partial charge in [-0.25, -0.2) is 4.98 Å². The second-order valence-corrected chi connectivity index (χ2v) is 5.40. The number of rotatable bonds is 2. The summed E-state index contributed by atoms with van der Waals surface area (Å²) in [6, 6.07) is 0. The molecule has 0 unspecified atom stereocenters. The first kappa shape index (κ1) is 13.7. The second kappa shape index (κ2) is 4.93. The summed E-state index contributed by atoms with van der Waals surface area (Å²) >= 11 is 3.25. The summed E-state index contributed by atoms with van der Waals surface area (Å²) in [5.41, 5.74) is -0.0113. The monoisotopic (exact) mass is 345 g/mol. The van der Waals surface area contributed by atoms with Gasteiger partial charge in [0.15, 0.2) is 11.9 Å². The maximum atomic E-state index is 11.8. The number of hydrogen-bond acceptors (Lipinski definition) is 6. The van der Waals surface area contributed by atoms with Crippen molar-refractivity contribution in [3.63, 3.8) is 0 Å². The van der Waals surface area contributed by atoms with Crippen LogP contribution in [0.1, 0.15) is 6.23 Å². The fraction of sp³-hybridized carbons (Fsp3) is 0.455. The van der Waals surface area contributed by atoms with E-state index in [9.17, 15) is 15.0 Å². The number of nitrogens with one attached hydrogen (secondary N) is 1. The van der Waals surface area contributed by atoms with Gasteiger partial charge in [-0.3, -0.25) is 4.79 Å². The molecule has 3 heterocycles. The highest BCUT2D eigenvalue weighted by molar-refractivity contribution is 9.10. The molecule has 108 valence electrons. The SMILES string of the molecule is O=c1[nH]cnc2c1c(Br)cn2[C@@H]1O[C@@H](CO)[C@@H](O)[C@@H]1O. The third-order valence-electron chi connectivity index (χ3n) is 3.36. The number of aliphatic hydroxyl groups is 3. The molecule has 1 aliphatic rings. The number of hydrogen-bond donors (Lipinski definition) is 4. The maximum Gasteiger partial charge on any atom is 0.261 e. The number of aliphatic hydroxyl groups excluding tert-OH is 3. The number of halogens is 1. The van der Waals surface area contributed by atoms with Gasteiger partial charge in [-0.15, -0.1) is 0 Å². The van der Waals surface area contributed by atoms with Crippen LogP contribution in [0.15, 0.2) is 21.8 Å². The molecule has 1 saturated heterocycles. The zero-order chi connectivity index (χ0) is 14.4. The van der Waals surface area contributed by atoms with Gasteiger partial charge >= 0.3 is 0 Å². The number of aromatic amines is 1. The molecule has 0 radical (unpaired) electrons. The Balaban J connectivity index is 2.12. The van der Waals surface area contributed by atoms with E-state index in [-0.39, 0.29) is 5.56 Å². The highest BCUT2D eigenvalue weighted by Gasteiger charge is 2.44. The molecule has 4 N–H and O–H groups in total. The van der Waals surface area contributed by atoms with Gasteiger partial charge in [0.25, 0.3) is 5.56 Å². The largest absolute Gasteiger partial charge is 0.394 e. The molecule has 2 aromatic heterocycles. The minimum atomic E-state index is -1.23. The lowest BCUT2D eigenvalue weighted by Crippen LogP contribution is -2.33. The van der Waals surface area contributed by atoms with E-state index in [0.29, 0.717) is 15.5 Å². The highest BCUT2D eigenvalue weighted by atomic mass is 79.9. The normalized spacial score (nSPS) is 30.2. The van der Waals surface area contributed by atoms with Crippen LogP contribution >= 0.6 is 15.9 Å². The molecule has 3 rings (SSSR count). The van der Waals surface area contributed by atoms with E-state index in [1.165, 1.54) is 10.9 Å². The van der Waals surface area contributed by atoms with Gasteiger partial charge in [-0.2, -0.15) is 0 Å². The van der Waals surface area contributed by atoms with Crippen molar-refractivity contribution in [3.05, 3.63) is 27.4 Å². The number of fused-ring (bicyclic) bond motifs is 1. The molecule has 0 saturated carbocycles. The van der Waals surface area contributed by atoms with Crippen molar-refractivity contribution >= 4 is 27.0 Å². The predicted octanol–water partition coefficient (Wildman–Crippen LogP) is -0.901. The van der Waals surface area contributed by atoms with Crippen molar-refractivity contribution in [3.8, 4) is 0 Å². The van der Waals surface area contributed by atoms with Crippen LogP contribution in [0.25, 0.3) is 11.0 Å². The third-order valence-corrected chi connectivity index (χ3v) is 3.96. The first-order chi connectivity index (χ1) is 9.54. The topological polar surface area (TPSA) is 121 Å². The molecule has 0 bridgehead atoms. The van der Waals surface area contributed by atoms with Crippen LogP contribution in [0, 0.1) is 0 Å². The van der Waals surface area contributed by atoms with Crippen molar-refractivity contribution in [1.82, 2.24) is 14.5 Å². The van der Waals surface area contributed by atoms with Crippen molar-refractivity contribution in [1.29, 1.82) is 0 Å². The van der Waals surface area contributed by atoms with Gasteiger partial charge in [0, 0.05) is 6.20 Å². The molecule has 0 aliphatic carbocycles. The molecular weight excluding hydrogens is 334 g/mol. The van der Waals surface area contributed by atoms with E-state index in [0.717, 1.165) is 0 Å². The molecule has 0 aromatic carbocycles. The van der Waals surface area contributed by atoms with Crippen molar-refractivity contribution in [2.24, 2.45) is 0 Å². The predicted molar refractivity (Wildman–Crippen MR) is 71.1 cm³/mol. The van der Waals surface area contributed by atoms with E-state index < -0.39 is 31.1 Å². The van der Waals surface area contributed by atoms with Crippen LogP contribution in [0.2, 0.25) is 0 Å². The molecule has 9 heteroatoms. The average molecular weight is 346 g/mol. The summed E-state index contributed by atoms with van der Waals surface area (Å²) < 4.78 is 7.38. The second-order valence-electron chi connectivity index (χ2n) is 4.54. The van der Waals surface area contributed by atoms with Gasteiger partial charge in [-0.05, 0) is 15.9 Å². The smallest absolute Gasteiger partial charge is 0.261 e. The fourth-order valence-corrected chi connectivity index (χ4v) is 2.93. The zero-order valence-corrected chi connectivity index (χ0v) is 11.7. The standard InChI is InChI=1S/C11H12BrN3O5/c12-4-1-15(9-6(4)10(19)14-3-13-9)11-8(18)7(17)5(2-16)20-11/h1,3,5,7-8,11,16-18H,2H2,(H,13,14,19)/t5-,7+,8-,11+/m0/s1. The Morgan fingerprint density at radius 3 is 2.85 bits per heavy atom. The maximum absolute atomic E-state index is 11.8. The Hall–Kier alpha value is -1.26. The minimum absolute atomic E-state index is 0.315.